The Morgan fingerprint density at radius 2 is 1.96 bits per heavy atom. The first-order valence-corrected chi connectivity index (χ1v) is 10.2. The maximum Gasteiger partial charge on any atom is 0.254 e. The second-order valence-corrected chi connectivity index (χ2v) is 7.50. The summed E-state index contributed by atoms with van der Waals surface area (Å²) in [6, 6.07) is 18.1. The molecular weight excluding hydrogens is 356 g/mol. The highest BCUT2D eigenvalue weighted by molar-refractivity contribution is 7.07. The summed E-state index contributed by atoms with van der Waals surface area (Å²) in [5, 5.41) is 1.97. The summed E-state index contributed by atoms with van der Waals surface area (Å²) in [6.45, 7) is 1.28. The maximum atomic E-state index is 13.0. The number of hydrogen-bond donors (Lipinski definition) is 0. The third kappa shape index (κ3) is 4.37. The Bertz CT molecular complexity index is 863. The van der Waals surface area contributed by atoms with Crippen LogP contribution in [0.2, 0.25) is 0 Å². The lowest BCUT2D eigenvalue weighted by molar-refractivity contribution is 0.0736. The van der Waals surface area contributed by atoms with Crippen LogP contribution in [-0.2, 0) is 13.0 Å². The predicted octanol–water partition coefficient (Wildman–Crippen LogP) is 4.57. The Morgan fingerprint density at radius 1 is 1.15 bits per heavy atom. The lowest BCUT2D eigenvalue weighted by Crippen LogP contribution is -2.36. The van der Waals surface area contributed by atoms with Crippen LogP contribution in [0.5, 0.6) is 5.75 Å². The Kier molecular flexibility index (Phi) is 5.49. The van der Waals surface area contributed by atoms with Crippen molar-refractivity contribution in [1.82, 2.24) is 9.88 Å². The van der Waals surface area contributed by atoms with Gasteiger partial charge in [-0.25, -0.2) is 4.98 Å². The summed E-state index contributed by atoms with van der Waals surface area (Å²) in [6.07, 6.45) is 3.05. The molecule has 2 aromatic carbocycles. The lowest BCUT2D eigenvalue weighted by Gasteiger charge is -2.25. The third-order valence-corrected chi connectivity index (χ3v) is 5.56. The minimum Gasteiger partial charge on any atom is -0.487 e. The van der Waals surface area contributed by atoms with Crippen LogP contribution in [0.25, 0.3) is 0 Å². The molecule has 1 unspecified atom stereocenters. The quantitative estimate of drug-likeness (QED) is 0.631. The van der Waals surface area contributed by atoms with Gasteiger partial charge in [0, 0.05) is 23.5 Å². The van der Waals surface area contributed by atoms with E-state index in [4.69, 9.17) is 4.74 Å². The van der Waals surface area contributed by atoms with Gasteiger partial charge >= 0.3 is 0 Å². The zero-order valence-electron chi connectivity index (χ0n) is 15.1. The smallest absolute Gasteiger partial charge is 0.254 e. The van der Waals surface area contributed by atoms with Gasteiger partial charge in [-0.15, -0.1) is 11.3 Å². The molecule has 1 fully saturated rings. The molecule has 1 atom stereocenters. The van der Waals surface area contributed by atoms with Crippen LogP contribution in [0.4, 0.5) is 0 Å². The number of carbonyl (C=O) groups excluding carboxylic acids is 1. The van der Waals surface area contributed by atoms with E-state index < -0.39 is 0 Å². The summed E-state index contributed by atoms with van der Waals surface area (Å²) in [5.74, 6) is 0.862. The second kappa shape index (κ2) is 8.35. The van der Waals surface area contributed by atoms with Crippen molar-refractivity contribution in [2.75, 3.05) is 6.54 Å². The van der Waals surface area contributed by atoms with Crippen LogP contribution >= 0.6 is 11.3 Å². The summed E-state index contributed by atoms with van der Waals surface area (Å²) in [7, 11) is 0. The minimum atomic E-state index is 0.111. The first-order chi connectivity index (χ1) is 13.3. The Labute approximate surface area is 163 Å². The molecule has 1 aromatic heterocycles. The number of carbonyl (C=O) groups is 1. The molecule has 0 radical (unpaired) electrons. The summed E-state index contributed by atoms with van der Waals surface area (Å²) < 4.78 is 5.73. The third-order valence-electron chi connectivity index (χ3n) is 4.92. The van der Waals surface area contributed by atoms with Crippen molar-refractivity contribution in [1.29, 1.82) is 0 Å². The van der Waals surface area contributed by atoms with Gasteiger partial charge in [0.1, 0.15) is 12.4 Å². The van der Waals surface area contributed by atoms with E-state index in [1.807, 2.05) is 40.6 Å². The molecule has 0 N–H and O–H groups in total. The molecule has 1 aliphatic rings. The maximum absolute atomic E-state index is 13.0. The van der Waals surface area contributed by atoms with E-state index >= 15 is 0 Å². The molecule has 0 saturated carbocycles. The van der Waals surface area contributed by atoms with Gasteiger partial charge in [-0.2, -0.15) is 0 Å². The highest BCUT2D eigenvalue weighted by Gasteiger charge is 2.29. The molecule has 4 nitrogen and oxygen atoms in total. The largest absolute Gasteiger partial charge is 0.487 e. The molecule has 27 heavy (non-hydrogen) atoms. The fourth-order valence-electron chi connectivity index (χ4n) is 3.53. The molecule has 4 rings (SSSR count). The number of amides is 1. The van der Waals surface area contributed by atoms with Gasteiger partial charge in [-0.1, -0.05) is 30.3 Å². The van der Waals surface area contributed by atoms with Crippen molar-refractivity contribution in [3.05, 3.63) is 82.3 Å². The van der Waals surface area contributed by atoms with Crippen molar-refractivity contribution in [2.24, 2.45) is 0 Å². The number of aromatic nitrogens is 1. The molecular formula is C22H22N2O2S. The van der Waals surface area contributed by atoms with E-state index in [0.717, 1.165) is 42.8 Å². The number of rotatable bonds is 6. The van der Waals surface area contributed by atoms with Crippen molar-refractivity contribution in [2.45, 2.75) is 31.9 Å². The van der Waals surface area contributed by atoms with Gasteiger partial charge < -0.3 is 9.64 Å². The predicted molar refractivity (Wildman–Crippen MR) is 107 cm³/mol. The first-order valence-electron chi connectivity index (χ1n) is 9.24. The molecule has 3 aromatic rings. The molecule has 0 bridgehead atoms. The number of likely N-dealkylation sites (tertiary alicyclic amines) is 1. The normalized spacial score (nSPS) is 16.4. The van der Waals surface area contributed by atoms with Gasteiger partial charge in [0.25, 0.3) is 5.91 Å². The highest BCUT2D eigenvalue weighted by Crippen LogP contribution is 2.24. The van der Waals surface area contributed by atoms with E-state index in [1.54, 1.807) is 16.8 Å². The summed E-state index contributed by atoms with van der Waals surface area (Å²) in [4.78, 5) is 19.2. The van der Waals surface area contributed by atoms with E-state index in [9.17, 15) is 4.79 Å². The standard InChI is InChI=1S/C22H22N2O2S/c25-22(24-12-4-7-20(24)13-17-5-2-1-3-6-17)18-8-10-21(11-9-18)26-14-19-15-27-16-23-19/h1-3,5-6,8-11,15-16,20H,4,7,12-14H2. The molecule has 0 spiro atoms. The number of ether oxygens (including phenoxy) is 1. The molecule has 0 aliphatic carbocycles. The molecule has 138 valence electrons. The minimum absolute atomic E-state index is 0.111. The van der Waals surface area contributed by atoms with E-state index in [-0.39, 0.29) is 11.9 Å². The van der Waals surface area contributed by atoms with Gasteiger partial charge in [0.2, 0.25) is 0 Å². The van der Waals surface area contributed by atoms with Gasteiger partial charge in [0.15, 0.2) is 0 Å². The second-order valence-electron chi connectivity index (χ2n) is 6.78. The lowest BCUT2D eigenvalue weighted by atomic mass is 10.0. The molecule has 1 amide bonds. The highest BCUT2D eigenvalue weighted by atomic mass is 32.1. The van der Waals surface area contributed by atoms with Crippen molar-refractivity contribution in [3.8, 4) is 5.75 Å². The van der Waals surface area contributed by atoms with Crippen LogP contribution in [-0.4, -0.2) is 28.4 Å². The number of thiazole rings is 1. The molecule has 2 heterocycles. The van der Waals surface area contributed by atoms with E-state index in [2.05, 4.69) is 29.2 Å². The Morgan fingerprint density at radius 3 is 2.70 bits per heavy atom. The van der Waals surface area contributed by atoms with Crippen LogP contribution < -0.4 is 4.74 Å². The van der Waals surface area contributed by atoms with Crippen molar-refractivity contribution >= 4 is 17.2 Å². The monoisotopic (exact) mass is 378 g/mol. The number of hydrogen-bond acceptors (Lipinski definition) is 4. The molecule has 1 saturated heterocycles. The Hall–Kier alpha value is -2.66. The average molecular weight is 378 g/mol. The van der Waals surface area contributed by atoms with Crippen molar-refractivity contribution < 1.29 is 9.53 Å². The van der Waals surface area contributed by atoms with E-state index in [0.29, 0.717) is 6.61 Å². The molecule has 1 aliphatic heterocycles. The fraction of sp³-hybridized carbons (Fsp3) is 0.273. The average Bonchev–Trinajstić information content (AvgIpc) is 3.39. The first kappa shape index (κ1) is 17.7. The SMILES string of the molecule is O=C(c1ccc(OCc2cscn2)cc1)N1CCCC1Cc1ccccc1. The Balaban J connectivity index is 1.39. The fourth-order valence-corrected chi connectivity index (χ4v) is 4.07. The summed E-state index contributed by atoms with van der Waals surface area (Å²) >= 11 is 1.55. The van der Waals surface area contributed by atoms with Crippen LogP contribution in [0.15, 0.2) is 65.5 Å². The zero-order chi connectivity index (χ0) is 18.5. The van der Waals surface area contributed by atoms with Crippen LogP contribution in [0, 0.1) is 0 Å². The van der Waals surface area contributed by atoms with Crippen LogP contribution in [0.3, 0.4) is 0 Å². The summed E-state index contributed by atoms with van der Waals surface area (Å²) in [5.41, 5.74) is 4.72. The van der Waals surface area contributed by atoms with E-state index in [1.165, 1.54) is 5.56 Å². The zero-order valence-corrected chi connectivity index (χ0v) is 15.9. The van der Waals surface area contributed by atoms with Gasteiger partial charge in [-0.3, -0.25) is 4.79 Å². The number of nitrogens with zero attached hydrogens (tertiary/aromatic N) is 2. The van der Waals surface area contributed by atoms with Crippen LogP contribution in [0.1, 0.15) is 34.5 Å². The molecule has 5 heteroatoms. The topological polar surface area (TPSA) is 42.4 Å². The van der Waals surface area contributed by atoms with Gasteiger partial charge in [0.05, 0.1) is 11.2 Å². The number of benzene rings is 2. The van der Waals surface area contributed by atoms with Crippen molar-refractivity contribution in [3.63, 3.8) is 0 Å². The van der Waals surface area contributed by atoms with Gasteiger partial charge in [-0.05, 0) is 49.1 Å².